The molecule has 0 spiro atoms. The van der Waals surface area contributed by atoms with Crippen molar-refractivity contribution in [3.8, 4) is 0 Å². The third kappa shape index (κ3) is 14.5. The molecule has 0 heterocycles. The number of nitrogens with one attached hydrogen (secondary N) is 4. The fourth-order valence-electron chi connectivity index (χ4n) is 2.43. The fourth-order valence-corrected chi connectivity index (χ4v) is 3.50. The van der Waals surface area contributed by atoms with Crippen LogP contribution in [0, 0.1) is 0 Å². The van der Waals surface area contributed by atoms with Gasteiger partial charge >= 0.3 is 6.09 Å². The van der Waals surface area contributed by atoms with Crippen LogP contribution in [-0.2, 0) is 14.8 Å². The van der Waals surface area contributed by atoms with Crippen LogP contribution in [0.25, 0.3) is 0 Å². The van der Waals surface area contributed by atoms with Crippen LogP contribution in [0.3, 0.4) is 0 Å². The van der Waals surface area contributed by atoms with Crippen LogP contribution >= 0.6 is 0 Å². The molecule has 0 bridgehead atoms. The summed E-state index contributed by atoms with van der Waals surface area (Å²) in [6.07, 6.45) is 3.54. The molecule has 0 aromatic heterocycles. The molecule has 1 amide bonds. The van der Waals surface area contributed by atoms with Crippen molar-refractivity contribution in [2.75, 3.05) is 26.4 Å². The first-order chi connectivity index (χ1) is 12.7. The summed E-state index contributed by atoms with van der Waals surface area (Å²) in [6.45, 7) is 11.9. The molecule has 0 fully saturated rings. The topological polar surface area (TPSA) is 121 Å². The Morgan fingerprint density at radius 2 is 1.75 bits per heavy atom. The predicted molar refractivity (Wildman–Crippen MR) is 114 cm³/mol. The van der Waals surface area contributed by atoms with Gasteiger partial charge in [-0.3, -0.25) is 4.99 Å². The Morgan fingerprint density at radius 1 is 1.14 bits per heavy atom. The lowest BCUT2D eigenvalue weighted by molar-refractivity contribution is 0.0522. The van der Waals surface area contributed by atoms with Gasteiger partial charge in [-0.15, -0.1) is 0 Å². The van der Waals surface area contributed by atoms with E-state index in [0.29, 0.717) is 19.0 Å². The maximum atomic E-state index is 11.9. The van der Waals surface area contributed by atoms with E-state index in [4.69, 9.17) is 4.74 Å². The second-order valence-electron chi connectivity index (χ2n) is 8.55. The first-order valence-corrected chi connectivity index (χ1v) is 11.5. The van der Waals surface area contributed by atoms with Gasteiger partial charge in [-0.05, 0) is 41.0 Å². The van der Waals surface area contributed by atoms with E-state index in [1.165, 1.54) is 0 Å². The summed E-state index contributed by atoms with van der Waals surface area (Å²) in [4.78, 5) is 16.1. The number of amides is 1. The molecule has 0 saturated heterocycles. The largest absolute Gasteiger partial charge is 0.444 e. The summed E-state index contributed by atoms with van der Waals surface area (Å²) in [5.41, 5.74) is -1.23. The van der Waals surface area contributed by atoms with E-state index in [-0.39, 0.29) is 6.04 Å². The monoisotopic (exact) mass is 421 g/mol. The van der Waals surface area contributed by atoms with Crippen LogP contribution < -0.4 is 20.7 Å². The zero-order valence-electron chi connectivity index (χ0n) is 18.6. The fraction of sp³-hybridized carbons (Fsp3) is 0.889. The van der Waals surface area contributed by atoms with E-state index in [1.54, 1.807) is 20.9 Å². The van der Waals surface area contributed by atoms with E-state index < -0.39 is 27.3 Å². The summed E-state index contributed by atoms with van der Waals surface area (Å²) < 4.78 is 30.8. The van der Waals surface area contributed by atoms with Gasteiger partial charge in [-0.2, -0.15) is 0 Å². The van der Waals surface area contributed by atoms with Gasteiger partial charge in [0, 0.05) is 31.7 Å². The van der Waals surface area contributed by atoms with E-state index in [2.05, 4.69) is 32.6 Å². The first-order valence-electron chi connectivity index (χ1n) is 9.60. The van der Waals surface area contributed by atoms with Crippen molar-refractivity contribution in [2.45, 2.75) is 78.0 Å². The number of carbonyl (C=O) groups is 1. The first kappa shape index (κ1) is 26.4. The molecule has 4 N–H and O–H groups in total. The van der Waals surface area contributed by atoms with Crippen molar-refractivity contribution in [1.82, 2.24) is 20.7 Å². The average molecular weight is 422 g/mol. The van der Waals surface area contributed by atoms with Crippen LogP contribution in [0.15, 0.2) is 4.99 Å². The Labute approximate surface area is 170 Å². The predicted octanol–water partition coefficient (Wildman–Crippen LogP) is 1.56. The number of aliphatic imine (C=N–C) groups is 1. The molecule has 0 aliphatic rings. The van der Waals surface area contributed by atoms with Crippen molar-refractivity contribution >= 4 is 22.1 Å². The molecular weight excluding hydrogens is 382 g/mol. The number of nitrogens with zero attached hydrogens (tertiary/aromatic N) is 1. The molecule has 0 rings (SSSR count). The van der Waals surface area contributed by atoms with Crippen molar-refractivity contribution < 1.29 is 17.9 Å². The van der Waals surface area contributed by atoms with Gasteiger partial charge in [-0.25, -0.2) is 17.9 Å². The Bertz CT molecular complexity index is 612. The maximum absolute atomic E-state index is 11.9. The SMILES string of the molecule is CCCCC(CNC(=O)OC(C)(C)C)NC(=NC)NCC(C)(C)NS(C)(=O)=O. The maximum Gasteiger partial charge on any atom is 0.407 e. The van der Waals surface area contributed by atoms with Gasteiger partial charge < -0.3 is 20.7 Å². The summed E-state index contributed by atoms with van der Waals surface area (Å²) in [5, 5.41) is 9.20. The van der Waals surface area contributed by atoms with Gasteiger partial charge in [0.05, 0.1) is 6.26 Å². The number of guanidine groups is 1. The number of carbonyl (C=O) groups excluding carboxylic acids is 1. The van der Waals surface area contributed by atoms with Crippen molar-refractivity contribution in [3.63, 3.8) is 0 Å². The minimum atomic E-state index is -3.32. The molecule has 0 aliphatic carbocycles. The van der Waals surface area contributed by atoms with Crippen LogP contribution in [0.5, 0.6) is 0 Å². The van der Waals surface area contributed by atoms with Crippen molar-refractivity contribution in [1.29, 1.82) is 0 Å². The Kier molecular flexibility index (Phi) is 10.8. The Hall–Kier alpha value is -1.55. The number of ether oxygens (including phenoxy) is 1. The number of alkyl carbamates (subject to hydrolysis) is 1. The molecule has 1 unspecified atom stereocenters. The molecule has 10 heteroatoms. The lowest BCUT2D eigenvalue weighted by atomic mass is 10.1. The zero-order valence-corrected chi connectivity index (χ0v) is 19.4. The zero-order chi connectivity index (χ0) is 22.0. The molecule has 0 aromatic carbocycles. The highest BCUT2D eigenvalue weighted by Gasteiger charge is 2.23. The van der Waals surface area contributed by atoms with E-state index >= 15 is 0 Å². The number of rotatable bonds is 10. The Balaban J connectivity index is 4.78. The summed E-state index contributed by atoms with van der Waals surface area (Å²) in [5.74, 6) is 0.537. The molecule has 0 aromatic rings. The average Bonchev–Trinajstić information content (AvgIpc) is 2.49. The van der Waals surface area contributed by atoms with Crippen molar-refractivity contribution in [3.05, 3.63) is 0 Å². The van der Waals surface area contributed by atoms with Crippen LogP contribution in [0.4, 0.5) is 4.79 Å². The number of unbranched alkanes of at least 4 members (excludes halogenated alkanes) is 1. The molecule has 0 aliphatic heterocycles. The highest BCUT2D eigenvalue weighted by Crippen LogP contribution is 2.07. The highest BCUT2D eigenvalue weighted by atomic mass is 32.2. The quantitative estimate of drug-likeness (QED) is 0.314. The highest BCUT2D eigenvalue weighted by molar-refractivity contribution is 7.88. The lowest BCUT2D eigenvalue weighted by Gasteiger charge is -2.28. The molecule has 9 nitrogen and oxygen atoms in total. The van der Waals surface area contributed by atoms with E-state index in [9.17, 15) is 13.2 Å². The van der Waals surface area contributed by atoms with Crippen LogP contribution in [0.1, 0.15) is 60.8 Å². The standard InChI is InChI=1S/C18H39N5O4S/c1-9-10-11-14(12-20-16(24)27-17(2,3)4)22-15(19-7)21-13-18(5,6)23-28(8,25)26/h14,23H,9-13H2,1-8H3,(H,20,24)(H2,19,21,22). The van der Waals surface area contributed by atoms with E-state index in [1.807, 2.05) is 20.8 Å². The summed E-state index contributed by atoms with van der Waals surface area (Å²) in [7, 11) is -1.67. The van der Waals surface area contributed by atoms with Gasteiger partial charge in [0.1, 0.15) is 5.60 Å². The molecule has 1 atom stereocenters. The Morgan fingerprint density at radius 3 is 2.21 bits per heavy atom. The van der Waals surface area contributed by atoms with Gasteiger partial charge in [0.2, 0.25) is 10.0 Å². The second-order valence-corrected chi connectivity index (χ2v) is 10.3. The molecule has 0 radical (unpaired) electrons. The minimum Gasteiger partial charge on any atom is -0.444 e. The van der Waals surface area contributed by atoms with Gasteiger partial charge in [0.25, 0.3) is 0 Å². The van der Waals surface area contributed by atoms with Gasteiger partial charge in [-0.1, -0.05) is 19.8 Å². The number of hydrogen-bond donors (Lipinski definition) is 4. The van der Waals surface area contributed by atoms with Crippen LogP contribution in [-0.4, -0.2) is 64.0 Å². The summed E-state index contributed by atoms with van der Waals surface area (Å²) in [6, 6.07) is -0.0374. The van der Waals surface area contributed by atoms with Crippen molar-refractivity contribution in [2.24, 2.45) is 4.99 Å². The third-order valence-corrected chi connectivity index (χ3v) is 4.45. The van der Waals surface area contributed by atoms with E-state index in [0.717, 1.165) is 25.5 Å². The molecule has 0 saturated carbocycles. The number of sulfonamides is 1. The summed E-state index contributed by atoms with van der Waals surface area (Å²) >= 11 is 0. The molecule has 166 valence electrons. The third-order valence-electron chi connectivity index (χ3n) is 3.52. The smallest absolute Gasteiger partial charge is 0.407 e. The minimum absolute atomic E-state index is 0.0374. The lowest BCUT2D eigenvalue weighted by Crippen LogP contribution is -2.55. The second kappa shape index (κ2) is 11.5. The molecular formula is C18H39N5O4S. The molecule has 28 heavy (non-hydrogen) atoms. The van der Waals surface area contributed by atoms with Crippen LogP contribution in [0.2, 0.25) is 0 Å². The number of hydrogen-bond acceptors (Lipinski definition) is 5. The normalized spacial score (nSPS) is 14.4. The van der Waals surface area contributed by atoms with Gasteiger partial charge in [0.15, 0.2) is 5.96 Å².